The van der Waals surface area contributed by atoms with Crippen LogP contribution in [0.15, 0.2) is 24.3 Å². The van der Waals surface area contributed by atoms with E-state index < -0.39 is 0 Å². The van der Waals surface area contributed by atoms with Crippen LogP contribution in [0.4, 0.5) is 0 Å². The molecule has 0 bridgehead atoms. The number of hydrogen-bond donors (Lipinski definition) is 0. The van der Waals surface area contributed by atoms with Crippen molar-refractivity contribution >= 4 is 11.7 Å². The van der Waals surface area contributed by atoms with Crippen LogP contribution in [0.1, 0.15) is 62.2 Å². The first-order valence-corrected chi connectivity index (χ1v) is 8.76. The fourth-order valence-corrected chi connectivity index (χ4v) is 3.40. The third-order valence-corrected chi connectivity index (χ3v) is 4.81. The van der Waals surface area contributed by atoms with Crippen molar-refractivity contribution in [1.82, 2.24) is 4.90 Å². The fraction of sp³-hybridized carbons (Fsp3) is 0.579. The Kier molecular flexibility index (Phi) is 4.99. The van der Waals surface area contributed by atoms with Gasteiger partial charge >= 0.3 is 0 Å². The number of ketones is 1. The first-order chi connectivity index (χ1) is 11.2. The lowest BCUT2D eigenvalue weighted by atomic mass is 10.1. The van der Waals surface area contributed by atoms with E-state index in [-0.39, 0.29) is 18.3 Å². The molecule has 23 heavy (non-hydrogen) atoms. The second kappa shape index (κ2) is 7.16. The molecule has 0 spiro atoms. The fourth-order valence-electron chi connectivity index (χ4n) is 3.40. The smallest absolute Gasteiger partial charge is 0.261 e. The molecule has 0 atom stereocenters. The summed E-state index contributed by atoms with van der Waals surface area (Å²) in [6, 6.07) is 7.94. The molecule has 4 heteroatoms. The number of carbonyl (C=O) groups excluding carboxylic acids is 2. The Balaban J connectivity index is 1.56. The molecule has 1 amide bonds. The molecule has 0 heterocycles. The van der Waals surface area contributed by atoms with Crippen LogP contribution in [-0.2, 0) is 4.79 Å². The normalized spacial score (nSPS) is 18.0. The number of Topliss-reactive ketones (excluding diaryl/α,β-unsaturated/α-hetero) is 1. The summed E-state index contributed by atoms with van der Waals surface area (Å²) in [5, 5.41) is 0. The average molecular weight is 315 g/mol. The number of benzene rings is 1. The minimum absolute atomic E-state index is 0.0913. The van der Waals surface area contributed by atoms with Gasteiger partial charge in [0.1, 0.15) is 5.75 Å². The zero-order chi connectivity index (χ0) is 16.2. The van der Waals surface area contributed by atoms with Gasteiger partial charge in [-0.2, -0.15) is 0 Å². The van der Waals surface area contributed by atoms with Crippen molar-refractivity contribution in [2.24, 2.45) is 0 Å². The molecule has 2 saturated carbocycles. The van der Waals surface area contributed by atoms with E-state index in [9.17, 15) is 9.59 Å². The van der Waals surface area contributed by atoms with Crippen LogP contribution < -0.4 is 4.74 Å². The van der Waals surface area contributed by atoms with Gasteiger partial charge in [0, 0.05) is 24.1 Å². The molecule has 0 aromatic heterocycles. The van der Waals surface area contributed by atoms with Crippen LogP contribution in [0.25, 0.3) is 0 Å². The molecule has 0 radical (unpaired) electrons. The van der Waals surface area contributed by atoms with Crippen molar-refractivity contribution in [3.8, 4) is 5.75 Å². The van der Waals surface area contributed by atoms with Gasteiger partial charge < -0.3 is 9.64 Å². The van der Waals surface area contributed by atoms with Crippen molar-refractivity contribution in [1.29, 1.82) is 0 Å². The van der Waals surface area contributed by atoms with Crippen LogP contribution >= 0.6 is 0 Å². The maximum Gasteiger partial charge on any atom is 0.261 e. The molecule has 2 aliphatic rings. The van der Waals surface area contributed by atoms with Gasteiger partial charge in [0.05, 0.1) is 0 Å². The molecular weight excluding hydrogens is 290 g/mol. The largest absolute Gasteiger partial charge is 0.484 e. The Bertz CT molecular complexity index is 556. The second-order valence-electron chi connectivity index (χ2n) is 6.56. The summed E-state index contributed by atoms with van der Waals surface area (Å²) in [5.41, 5.74) is 0.691. The van der Waals surface area contributed by atoms with E-state index in [1.807, 2.05) is 6.92 Å². The molecule has 124 valence electrons. The maximum absolute atomic E-state index is 12.6. The van der Waals surface area contributed by atoms with E-state index in [1.165, 1.54) is 12.8 Å². The highest BCUT2D eigenvalue weighted by atomic mass is 16.5. The Morgan fingerprint density at radius 3 is 2.22 bits per heavy atom. The highest BCUT2D eigenvalue weighted by Gasteiger charge is 2.38. The molecule has 1 aromatic rings. The predicted octanol–water partition coefficient (Wildman–Crippen LogP) is 3.59. The first kappa shape index (κ1) is 16.0. The highest BCUT2D eigenvalue weighted by molar-refractivity contribution is 5.95. The van der Waals surface area contributed by atoms with Crippen molar-refractivity contribution in [2.45, 2.75) is 64.0 Å². The Hall–Kier alpha value is -1.84. The Morgan fingerprint density at radius 1 is 1.04 bits per heavy atom. The van der Waals surface area contributed by atoms with Crippen LogP contribution in [-0.4, -0.2) is 35.3 Å². The quantitative estimate of drug-likeness (QED) is 0.722. The highest BCUT2D eigenvalue weighted by Crippen LogP contribution is 2.34. The molecule has 2 aliphatic carbocycles. The summed E-state index contributed by atoms with van der Waals surface area (Å²) in [5.74, 6) is 0.870. The lowest BCUT2D eigenvalue weighted by Crippen LogP contribution is -2.43. The van der Waals surface area contributed by atoms with Gasteiger partial charge in [-0.05, 0) is 49.9 Å². The summed E-state index contributed by atoms with van der Waals surface area (Å²) >= 11 is 0. The van der Waals surface area contributed by atoms with Crippen LogP contribution in [0.2, 0.25) is 0 Å². The van der Waals surface area contributed by atoms with Crippen LogP contribution in [0.5, 0.6) is 5.75 Å². The van der Waals surface area contributed by atoms with E-state index in [1.54, 1.807) is 24.3 Å². The summed E-state index contributed by atoms with van der Waals surface area (Å²) < 4.78 is 5.65. The van der Waals surface area contributed by atoms with Crippen LogP contribution in [0, 0.1) is 0 Å². The van der Waals surface area contributed by atoms with Crippen LogP contribution in [0.3, 0.4) is 0 Å². The maximum atomic E-state index is 12.6. The average Bonchev–Trinajstić information content (AvgIpc) is 3.26. The van der Waals surface area contributed by atoms with Crippen molar-refractivity contribution in [2.75, 3.05) is 6.61 Å². The van der Waals surface area contributed by atoms with Gasteiger partial charge in [-0.1, -0.05) is 19.8 Å². The predicted molar refractivity (Wildman–Crippen MR) is 88.7 cm³/mol. The summed E-state index contributed by atoms with van der Waals surface area (Å²) in [6.45, 7) is 1.94. The molecule has 0 unspecified atom stereocenters. The molecule has 0 aliphatic heterocycles. The molecule has 1 aromatic carbocycles. The van der Waals surface area contributed by atoms with Gasteiger partial charge in [0.25, 0.3) is 5.91 Å². The van der Waals surface area contributed by atoms with E-state index in [4.69, 9.17) is 4.74 Å². The van der Waals surface area contributed by atoms with Crippen molar-refractivity contribution < 1.29 is 14.3 Å². The third kappa shape index (κ3) is 3.92. The SMILES string of the molecule is CCC(=O)c1ccc(OCC(=O)N(C2CCCC2)C2CC2)cc1. The zero-order valence-electron chi connectivity index (χ0n) is 13.8. The lowest BCUT2D eigenvalue weighted by Gasteiger charge is -2.29. The number of ether oxygens (including phenoxy) is 1. The van der Waals surface area contributed by atoms with Gasteiger partial charge in [-0.25, -0.2) is 0 Å². The monoisotopic (exact) mass is 315 g/mol. The van der Waals surface area contributed by atoms with Crippen molar-refractivity contribution in [3.63, 3.8) is 0 Å². The molecule has 0 saturated heterocycles. The van der Waals surface area contributed by atoms with E-state index in [2.05, 4.69) is 4.90 Å². The molecule has 0 N–H and O–H groups in total. The Morgan fingerprint density at radius 2 is 1.65 bits per heavy atom. The first-order valence-electron chi connectivity index (χ1n) is 8.76. The standard InChI is InChI=1S/C19H25NO3/c1-2-18(21)14-7-11-17(12-8-14)23-13-19(22)20(16-9-10-16)15-5-3-4-6-15/h7-8,11-12,15-16H,2-6,9-10,13H2,1H3. The van der Waals surface area contributed by atoms with E-state index in [0.717, 1.165) is 25.7 Å². The number of amides is 1. The summed E-state index contributed by atoms with van der Waals surface area (Å²) in [6.07, 6.45) is 7.50. The lowest BCUT2D eigenvalue weighted by molar-refractivity contribution is -0.136. The third-order valence-electron chi connectivity index (χ3n) is 4.81. The van der Waals surface area contributed by atoms with Gasteiger partial charge in [-0.15, -0.1) is 0 Å². The topological polar surface area (TPSA) is 46.6 Å². The number of rotatable bonds is 7. The summed E-state index contributed by atoms with van der Waals surface area (Å²) in [7, 11) is 0. The zero-order valence-corrected chi connectivity index (χ0v) is 13.8. The minimum atomic E-state index is 0.0913. The minimum Gasteiger partial charge on any atom is -0.484 e. The van der Waals surface area contributed by atoms with E-state index in [0.29, 0.717) is 29.8 Å². The molecule has 2 fully saturated rings. The molecular formula is C19H25NO3. The van der Waals surface area contributed by atoms with Gasteiger partial charge in [0.15, 0.2) is 12.4 Å². The van der Waals surface area contributed by atoms with E-state index >= 15 is 0 Å². The van der Waals surface area contributed by atoms with Gasteiger partial charge in [-0.3, -0.25) is 9.59 Å². The van der Waals surface area contributed by atoms with Crippen molar-refractivity contribution in [3.05, 3.63) is 29.8 Å². The van der Waals surface area contributed by atoms with Gasteiger partial charge in [0.2, 0.25) is 0 Å². The molecule has 4 nitrogen and oxygen atoms in total. The second-order valence-corrected chi connectivity index (χ2v) is 6.56. The molecule has 3 rings (SSSR count). The number of nitrogens with zero attached hydrogens (tertiary/aromatic N) is 1. The Labute approximate surface area is 137 Å². The number of hydrogen-bond acceptors (Lipinski definition) is 3. The summed E-state index contributed by atoms with van der Waals surface area (Å²) in [4.78, 5) is 26.2. The number of carbonyl (C=O) groups is 2.